The van der Waals surface area contributed by atoms with Gasteiger partial charge in [0.25, 0.3) is 0 Å². The molecular formula is C12H21N3. The Balaban J connectivity index is 2.19. The molecule has 0 saturated heterocycles. The van der Waals surface area contributed by atoms with Crippen molar-refractivity contribution >= 4 is 0 Å². The molecule has 0 spiro atoms. The largest absolute Gasteiger partial charge is 0.329 e. The van der Waals surface area contributed by atoms with Crippen molar-refractivity contribution in [3.05, 3.63) is 17.7 Å². The van der Waals surface area contributed by atoms with Gasteiger partial charge >= 0.3 is 0 Å². The summed E-state index contributed by atoms with van der Waals surface area (Å²) in [4.78, 5) is 4.52. The van der Waals surface area contributed by atoms with E-state index in [9.17, 15) is 0 Å². The number of hydrogen-bond acceptors (Lipinski definition) is 2. The van der Waals surface area contributed by atoms with Crippen molar-refractivity contribution in [3.63, 3.8) is 0 Å². The van der Waals surface area contributed by atoms with Crippen LogP contribution in [-0.4, -0.2) is 23.1 Å². The fraction of sp³-hybridized carbons (Fsp3) is 0.750. The smallest absolute Gasteiger partial charge is 0.108 e. The first-order valence-electron chi connectivity index (χ1n) is 6.06. The molecule has 2 rings (SSSR count). The molecule has 0 fully saturated rings. The molecule has 3 nitrogen and oxygen atoms in total. The lowest BCUT2D eigenvalue weighted by Crippen LogP contribution is -2.23. The summed E-state index contributed by atoms with van der Waals surface area (Å²) in [6.45, 7) is 3.30. The van der Waals surface area contributed by atoms with Crippen LogP contribution >= 0.6 is 0 Å². The van der Waals surface area contributed by atoms with Crippen LogP contribution < -0.4 is 5.32 Å². The fourth-order valence-corrected chi connectivity index (χ4v) is 2.56. The summed E-state index contributed by atoms with van der Waals surface area (Å²) in [5.41, 5.74) is 1.44. The lowest BCUT2D eigenvalue weighted by molar-refractivity contribution is 0.366. The van der Waals surface area contributed by atoms with Crippen LogP contribution in [0.2, 0.25) is 0 Å². The van der Waals surface area contributed by atoms with Gasteiger partial charge in [0.15, 0.2) is 0 Å². The van der Waals surface area contributed by atoms with Gasteiger partial charge in [-0.3, -0.25) is 0 Å². The van der Waals surface area contributed by atoms with E-state index in [1.807, 2.05) is 7.05 Å². The molecular weight excluding hydrogens is 186 g/mol. The third-order valence-electron chi connectivity index (χ3n) is 3.33. The first kappa shape index (κ1) is 10.7. The van der Waals surface area contributed by atoms with Gasteiger partial charge in [-0.25, -0.2) is 4.98 Å². The van der Waals surface area contributed by atoms with Gasteiger partial charge in [0.1, 0.15) is 5.82 Å². The summed E-state index contributed by atoms with van der Waals surface area (Å²) < 4.78 is 2.49. The molecule has 0 amide bonds. The maximum Gasteiger partial charge on any atom is 0.108 e. The minimum absolute atomic E-state index is 0.679. The van der Waals surface area contributed by atoms with E-state index < -0.39 is 0 Å². The summed E-state index contributed by atoms with van der Waals surface area (Å²) in [6, 6.07) is 0.679. The maximum atomic E-state index is 4.52. The van der Waals surface area contributed by atoms with Crippen LogP contribution in [0.15, 0.2) is 6.20 Å². The number of hydrogen-bond donors (Lipinski definition) is 1. The zero-order valence-electron chi connectivity index (χ0n) is 9.79. The van der Waals surface area contributed by atoms with Crippen molar-refractivity contribution in [1.29, 1.82) is 0 Å². The first-order valence-corrected chi connectivity index (χ1v) is 6.06. The van der Waals surface area contributed by atoms with Gasteiger partial charge < -0.3 is 9.88 Å². The van der Waals surface area contributed by atoms with Crippen LogP contribution in [0.4, 0.5) is 0 Å². The molecule has 0 aromatic carbocycles. The molecule has 1 aromatic rings. The molecule has 1 aliphatic rings. The number of nitrogens with zero attached hydrogens (tertiary/aromatic N) is 2. The summed E-state index contributed by atoms with van der Waals surface area (Å²) in [5.74, 6) is 1.27. The van der Waals surface area contributed by atoms with E-state index in [4.69, 9.17) is 0 Å². The number of rotatable bonds is 4. The Bertz CT molecular complexity index is 303. The first-order chi connectivity index (χ1) is 7.36. The summed E-state index contributed by atoms with van der Waals surface area (Å²) in [7, 11) is 2.03. The van der Waals surface area contributed by atoms with Crippen LogP contribution in [0.25, 0.3) is 0 Å². The summed E-state index contributed by atoms with van der Waals surface area (Å²) >= 11 is 0. The van der Waals surface area contributed by atoms with Crippen molar-refractivity contribution in [2.45, 2.75) is 45.1 Å². The van der Waals surface area contributed by atoms with Crippen molar-refractivity contribution in [1.82, 2.24) is 14.9 Å². The molecule has 1 aliphatic heterocycles. The lowest BCUT2D eigenvalue weighted by Gasteiger charge is -2.27. The Kier molecular flexibility index (Phi) is 3.41. The topological polar surface area (TPSA) is 29.9 Å². The second-order valence-corrected chi connectivity index (χ2v) is 4.33. The van der Waals surface area contributed by atoms with Gasteiger partial charge in [-0.2, -0.15) is 0 Å². The minimum atomic E-state index is 0.679. The average Bonchev–Trinajstić information content (AvgIpc) is 2.69. The second kappa shape index (κ2) is 4.79. The average molecular weight is 207 g/mol. The van der Waals surface area contributed by atoms with E-state index >= 15 is 0 Å². The molecule has 2 heterocycles. The van der Waals surface area contributed by atoms with E-state index in [0.717, 1.165) is 13.0 Å². The third-order valence-corrected chi connectivity index (χ3v) is 3.33. The van der Waals surface area contributed by atoms with Crippen molar-refractivity contribution in [2.24, 2.45) is 0 Å². The van der Waals surface area contributed by atoms with Gasteiger partial charge in [-0.05, 0) is 39.3 Å². The van der Waals surface area contributed by atoms with E-state index in [0.29, 0.717) is 6.04 Å². The molecule has 84 valence electrons. The molecule has 0 aliphatic carbocycles. The summed E-state index contributed by atoms with van der Waals surface area (Å²) in [5, 5.41) is 3.24. The molecule has 1 unspecified atom stereocenters. The fourth-order valence-electron chi connectivity index (χ4n) is 2.56. The zero-order valence-corrected chi connectivity index (χ0v) is 9.79. The highest BCUT2D eigenvalue weighted by atomic mass is 15.1. The van der Waals surface area contributed by atoms with Gasteiger partial charge in [0, 0.05) is 24.4 Å². The molecule has 1 aromatic heterocycles. The highest BCUT2D eigenvalue weighted by Gasteiger charge is 2.21. The Labute approximate surface area is 91.9 Å². The number of aryl methyl sites for hydroxylation is 2. The Hall–Kier alpha value is -0.830. The third kappa shape index (κ3) is 2.07. The highest BCUT2D eigenvalue weighted by molar-refractivity contribution is 5.10. The lowest BCUT2D eigenvalue weighted by atomic mass is 10.00. The standard InChI is InChI=1S/C12H21N3/c1-3-12-14-9-11-6-4-5-10(15(11)12)7-8-13-2/h9-10,13H,3-8H2,1-2H3. The molecule has 3 heteroatoms. The predicted octanol–water partition coefficient (Wildman–Crippen LogP) is 1.93. The molecule has 1 atom stereocenters. The number of imidazole rings is 1. The number of nitrogens with one attached hydrogen (secondary N) is 1. The second-order valence-electron chi connectivity index (χ2n) is 4.33. The van der Waals surface area contributed by atoms with Gasteiger partial charge in [-0.15, -0.1) is 0 Å². The molecule has 0 radical (unpaired) electrons. The van der Waals surface area contributed by atoms with Crippen LogP contribution in [-0.2, 0) is 12.8 Å². The quantitative estimate of drug-likeness (QED) is 0.817. The predicted molar refractivity (Wildman–Crippen MR) is 62.1 cm³/mol. The zero-order chi connectivity index (χ0) is 10.7. The van der Waals surface area contributed by atoms with E-state index in [1.165, 1.54) is 37.2 Å². The van der Waals surface area contributed by atoms with Gasteiger partial charge in [0.2, 0.25) is 0 Å². The number of aromatic nitrogens is 2. The van der Waals surface area contributed by atoms with Crippen LogP contribution in [0.3, 0.4) is 0 Å². The normalized spacial score (nSPS) is 20.3. The Morgan fingerprint density at radius 2 is 2.47 bits per heavy atom. The van der Waals surface area contributed by atoms with Gasteiger partial charge in [0.05, 0.1) is 0 Å². The van der Waals surface area contributed by atoms with E-state index in [-0.39, 0.29) is 0 Å². The van der Waals surface area contributed by atoms with Crippen LogP contribution in [0.5, 0.6) is 0 Å². The summed E-state index contributed by atoms with van der Waals surface area (Å²) in [6.07, 6.45) is 8.21. The van der Waals surface area contributed by atoms with Crippen LogP contribution in [0.1, 0.15) is 43.7 Å². The van der Waals surface area contributed by atoms with Crippen molar-refractivity contribution < 1.29 is 0 Å². The Morgan fingerprint density at radius 3 is 3.20 bits per heavy atom. The Morgan fingerprint density at radius 1 is 1.60 bits per heavy atom. The van der Waals surface area contributed by atoms with Gasteiger partial charge in [-0.1, -0.05) is 6.92 Å². The number of fused-ring (bicyclic) bond motifs is 1. The molecule has 15 heavy (non-hydrogen) atoms. The van der Waals surface area contributed by atoms with Crippen molar-refractivity contribution in [3.8, 4) is 0 Å². The highest BCUT2D eigenvalue weighted by Crippen LogP contribution is 2.28. The SMILES string of the molecule is CCc1ncc2n1C(CCNC)CCC2. The van der Waals surface area contributed by atoms with Crippen LogP contribution in [0, 0.1) is 0 Å². The molecule has 1 N–H and O–H groups in total. The molecule has 0 saturated carbocycles. The maximum absolute atomic E-state index is 4.52. The molecule has 0 bridgehead atoms. The minimum Gasteiger partial charge on any atom is -0.329 e. The van der Waals surface area contributed by atoms with E-state index in [1.54, 1.807) is 0 Å². The monoisotopic (exact) mass is 207 g/mol. The van der Waals surface area contributed by atoms with E-state index in [2.05, 4.69) is 28.0 Å². The van der Waals surface area contributed by atoms with Crippen molar-refractivity contribution in [2.75, 3.05) is 13.6 Å².